The van der Waals surface area contributed by atoms with Gasteiger partial charge in [-0.1, -0.05) is 38.2 Å². The molecule has 1 atom stereocenters. The molecule has 1 saturated carbocycles. The minimum Gasteiger partial charge on any atom is -0.371 e. The Balaban J connectivity index is 1.70. The number of benzene rings is 1. The second-order valence-electron chi connectivity index (χ2n) is 10.00. The fourth-order valence-electron chi connectivity index (χ4n) is 5.12. The van der Waals surface area contributed by atoms with Crippen LogP contribution in [0.4, 0.5) is 0 Å². The number of nitrogens with zero attached hydrogens (tertiary/aromatic N) is 1. The van der Waals surface area contributed by atoms with E-state index in [9.17, 15) is 4.79 Å². The molecule has 1 unspecified atom stereocenters. The van der Waals surface area contributed by atoms with Crippen molar-refractivity contribution in [2.45, 2.75) is 89.6 Å². The first-order valence-electron chi connectivity index (χ1n) is 12.5. The second kappa shape index (κ2) is 11.6. The van der Waals surface area contributed by atoms with E-state index < -0.39 is 0 Å². The van der Waals surface area contributed by atoms with Crippen LogP contribution in [0.1, 0.15) is 77.6 Å². The van der Waals surface area contributed by atoms with Crippen LogP contribution in [-0.2, 0) is 4.74 Å². The molecule has 2 aliphatic rings. The van der Waals surface area contributed by atoms with Crippen molar-refractivity contribution in [3.63, 3.8) is 0 Å². The molecule has 0 bridgehead atoms. The lowest BCUT2D eigenvalue weighted by atomic mass is 9.64. The molecule has 0 N–H and O–H groups in total. The Kier molecular flexibility index (Phi) is 9.06. The first-order valence-corrected chi connectivity index (χ1v) is 13.3. The average molecular weight is 468 g/mol. The number of ether oxygens (including phenoxy) is 1. The number of rotatable bonds is 6. The van der Waals surface area contributed by atoms with Crippen molar-refractivity contribution in [3.05, 3.63) is 65.3 Å². The maximum absolute atomic E-state index is 13.2. The van der Waals surface area contributed by atoms with Crippen LogP contribution in [0.25, 0.3) is 0 Å². The van der Waals surface area contributed by atoms with Crippen LogP contribution in [0.2, 0.25) is 0 Å². The SMILES string of the molecule is C\C=C/C=C1/C(=C\C)CC2(CCN(C(=O)c3ccc(SC(C)C)cc3)CC2)CC1OC(C)C. The van der Waals surface area contributed by atoms with Crippen LogP contribution in [0.15, 0.2) is 64.6 Å². The van der Waals surface area contributed by atoms with Gasteiger partial charge in [0, 0.05) is 28.8 Å². The van der Waals surface area contributed by atoms with Gasteiger partial charge in [0.1, 0.15) is 0 Å². The molecule has 33 heavy (non-hydrogen) atoms. The maximum atomic E-state index is 13.2. The molecular formula is C29H41NO2S. The number of thioether (sulfide) groups is 1. The van der Waals surface area contributed by atoms with Crippen LogP contribution in [0.5, 0.6) is 0 Å². The monoisotopic (exact) mass is 467 g/mol. The summed E-state index contributed by atoms with van der Waals surface area (Å²) in [6.45, 7) is 14.5. The highest BCUT2D eigenvalue weighted by molar-refractivity contribution is 7.99. The third-order valence-corrected chi connectivity index (χ3v) is 7.75. The molecule has 1 aliphatic heterocycles. The quantitative estimate of drug-likeness (QED) is 0.407. The molecule has 1 aliphatic carbocycles. The summed E-state index contributed by atoms with van der Waals surface area (Å²) < 4.78 is 6.42. The summed E-state index contributed by atoms with van der Waals surface area (Å²) in [4.78, 5) is 16.4. The molecular weight excluding hydrogens is 426 g/mol. The topological polar surface area (TPSA) is 29.5 Å². The Morgan fingerprint density at radius 3 is 2.33 bits per heavy atom. The van der Waals surface area contributed by atoms with Crippen molar-refractivity contribution in [3.8, 4) is 0 Å². The fraction of sp³-hybridized carbons (Fsp3) is 0.552. The maximum Gasteiger partial charge on any atom is 0.253 e. The van der Waals surface area contributed by atoms with E-state index in [1.165, 1.54) is 16.0 Å². The van der Waals surface area contributed by atoms with Gasteiger partial charge in [0.05, 0.1) is 12.2 Å². The zero-order chi connectivity index (χ0) is 24.0. The number of hydrogen-bond donors (Lipinski definition) is 0. The number of hydrogen-bond acceptors (Lipinski definition) is 3. The lowest BCUT2D eigenvalue weighted by Crippen LogP contribution is -2.47. The highest BCUT2D eigenvalue weighted by Crippen LogP contribution is 2.49. The minimum atomic E-state index is 0.120. The van der Waals surface area contributed by atoms with E-state index in [0.717, 1.165) is 44.3 Å². The molecule has 0 radical (unpaired) electrons. The summed E-state index contributed by atoms with van der Waals surface area (Å²) in [5.41, 5.74) is 3.74. The first kappa shape index (κ1) is 25.8. The Morgan fingerprint density at radius 1 is 1.12 bits per heavy atom. The van der Waals surface area contributed by atoms with Gasteiger partial charge < -0.3 is 9.64 Å². The molecule has 0 aromatic heterocycles. The van der Waals surface area contributed by atoms with Crippen LogP contribution in [0, 0.1) is 5.41 Å². The van der Waals surface area contributed by atoms with Gasteiger partial charge in [-0.25, -0.2) is 0 Å². The average Bonchev–Trinajstić information content (AvgIpc) is 2.78. The van der Waals surface area contributed by atoms with E-state index in [4.69, 9.17) is 4.74 Å². The van der Waals surface area contributed by atoms with E-state index in [1.54, 1.807) is 0 Å². The van der Waals surface area contributed by atoms with E-state index in [0.29, 0.717) is 5.25 Å². The zero-order valence-electron chi connectivity index (χ0n) is 21.3. The predicted octanol–water partition coefficient (Wildman–Crippen LogP) is 7.45. The van der Waals surface area contributed by atoms with Gasteiger partial charge in [0.25, 0.3) is 5.91 Å². The molecule has 1 amide bonds. The minimum absolute atomic E-state index is 0.120. The molecule has 2 fully saturated rings. The number of carbonyl (C=O) groups is 1. The first-order chi connectivity index (χ1) is 15.8. The molecule has 1 aromatic rings. The summed E-state index contributed by atoms with van der Waals surface area (Å²) in [7, 11) is 0. The van der Waals surface area contributed by atoms with Gasteiger partial charge in [-0.15, -0.1) is 11.8 Å². The highest BCUT2D eigenvalue weighted by Gasteiger charge is 2.43. The van der Waals surface area contributed by atoms with Gasteiger partial charge in [-0.2, -0.15) is 0 Å². The van der Waals surface area contributed by atoms with Crippen LogP contribution < -0.4 is 0 Å². The second-order valence-corrected chi connectivity index (χ2v) is 11.6. The highest BCUT2D eigenvalue weighted by atomic mass is 32.2. The van der Waals surface area contributed by atoms with Crippen LogP contribution >= 0.6 is 11.8 Å². The number of amides is 1. The summed E-state index contributed by atoms with van der Waals surface area (Å²) >= 11 is 1.83. The Hall–Kier alpha value is -1.78. The van der Waals surface area contributed by atoms with Gasteiger partial charge in [0.15, 0.2) is 0 Å². The summed E-state index contributed by atoms with van der Waals surface area (Å²) in [6, 6.07) is 8.13. The number of piperidine rings is 1. The van der Waals surface area contributed by atoms with Crippen molar-refractivity contribution in [1.29, 1.82) is 0 Å². The molecule has 3 nitrogen and oxygen atoms in total. The number of allylic oxidation sites excluding steroid dienone is 4. The molecule has 180 valence electrons. The summed E-state index contributed by atoms with van der Waals surface area (Å²) in [5, 5.41) is 0.541. The Labute approximate surface area is 205 Å². The molecule has 1 saturated heterocycles. The normalized spacial score (nSPS) is 23.5. The molecule has 1 spiro atoms. The lowest BCUT2D eigenvalue weighted by Gasteiger charge is -2.48. The zero-order valence-corrected chi connectivity index (χ0v) is 22.1. The fourth-order valence-corrected chi connectivity index (χ4v) is 5.95. The van der Waals surface area contributed by atoms with E-state index in [2.05, 4.69) is 82.9 Å². The van der Waals surface area contributed by atoms with Gasteiger partial charge >= 0.3 is 0 Å². The summed E-state index contributed by atoms with van der Waals surface area (Å²) in [6.07, 6.45) is 13.2. The van der Waals surface area contributed by atoms with Gasteiger partial charge in [-0.05, 0) is 94.2 Å². The van der Waals surface area contributed by atoms with Gasteiger partial charge in [-0.3, -0.25) is 4.79 Å². The van der Waals surface area contributed by atoms with E-state index in [-0.39, 0.29) is 23.5 Å². The third-order valence-electron chi connectivity index (χ3n) is 6.74. The molecule has 1 heterocycles. The van der Waals surface area contributed by atoms with Crippen molar-refractivity contribution in [2.24, 2.45) is 5.41 Å². The van der Waals surface area contributed by atoms with Crippen molar-refractivity contribution in [2.75, 3.05) is 13.1 Å². The largest absolute Gasteiger partial charge is 0.371 e. The Morgan fingerprint density at radius 2 is 1.79 bits per heavy atom. The third kappa shape index (κ3) is 6.64. The summed E-state index contributed by atoms with van der Waals surface area (Å²) in [5.74, 6) is 0.164. The van der Waals surface area contributed by atoms with Crippen molar-refractivity contribution < 1.29 is 9.53 Å². The number of carbonyl (C=O) groups excluding carboxylic acids is 1. The molecule has 1 aromatic carbocycles. The lowest BCUT2D eigenvalue weighted by molar-refractivity contribution is -0.0241. The van der Waals surface area contributed by atoms with Gasteiger partial charge in [0.2, 0.25) is 0 Å². The van der Waals surface area contributed by atoms with Crippen molar-refractivity contribution in [1.82, 2.24) is 4.90 Å². The predicted molar refractivity (Wildman–Crippen MR) is 141 cm³/mol. The number of likely N-dealkylation sites (tertiary alicyclic amines) is 1. The van der Waals surface area contributed by atoms with Crippen molar-refractivity contribution >= 4 is 17.7 Å². The standard InChI is InChI=1S/C29H41NO2S/c1-7-9-10-26-23(8-2)19-29(20-27(26)32-21(3)4)15-17-30(18-16-29)28(31)24-11-13-25(14-12-24)33-22(5)6/h7-14,21-22,27H,15-20H2,1-6H3/b9-7-,23-8-,26-10-. The van der Waals surface area contributed by atoms with E-state index in [1.807, 2.05) is 23.9 Å². The Bertz CT molecular complexity index is 887. The molecule has 4 heteroatoms. The van der Waals surface area contributed by atoms with Crippen LogP contribution in [-0.4, -0.2) is 41.4 Å². The molecule has 3 rings (SSSR count). The van der Waals surface area contributed by atoms with Crippen LogP contribution in [0.3, 0.4) is 0 Å². The van der Waals surface area contributed by atoms with E-state index >= 15 is 0 Å². The smallest absolute Gasteiger partial charge is 0.253 e.